The van der Waals surface area contributed by atoms with Crippen molar-refractivity contribution in [3.8, 4) is 0 Å². The molecule has 1 aliphatic heterocycles. The Kier molecular flexibility index (Phi) is 4.11. The molecule has 0 radical (unpaired) electrons. The van der Waals surface area contributed by atoms with Gasteiger partial charge in [-0.15, -0.1) is 0 Å². The predicted molar refractivity (Wildman–Crippen MR) is 79.8 cm³/mol. The van der Waals surface area contributed by atoms with Crippen LogP contribution in [0.15, 0.2) is 0 Å². The Morgan fingerprint density at radius 3 is 1.89 bits per heavy atom. The number of piperidine rings is 1. The molecule has 0 aromatic carbocycles. The van der Waals surface area contributed by atoms with Gasteiger partial charge in [-0.25, -0.2) is 0 Å². The summed E-state index contributed by atoms with van der Waals surface area (Å²) in [6.07, 6.45) is 10.1. The second-order valence-electron chi connectivity index (χ2n) is 8.25. The standard InChI is InChI=1S/C17H33N/c1-14-11-16(2,3)18(17(4,5)12-14)13-15-9-7-6-8-10-15/h14-15H,6-13H2,1-5H3. The molecule has 18 heavy (non-hydrogen) atoms. The van der Waals surface area contributed by atoms with Crippen LogP contribution in [-0.2, 0) is 0 Å². The quantitative estimate of drug-likeness (QED) is 0.677. The fourth-order valence-corrected chi connectivity index (χ4v) is 4.94. The summed E-state index contributed by atoms with van der Waals surface area (Å²) in [4.78, 5) is 2.84. The Bertz CT molecular complexity index is 255. The molecule has 1 nitrogen and oxygen atoms in total. The van der Waals surface area contributed by atoms with E-state index in [1.165, 1.54) is 51.5 Å². The van der Waals surface area contributed by atoms with Gasteiger partial charge in [0.25, 0.3) is 0 Å². The maximum atomic E-state index is 2.84. The average molecular weight is 251 g/mol. The van der Waals surface area contributed by atoms with Gasteiger partial charge in [-0.05, 0) is 65.2 Å². The fourth-order valence-electron chi connectivity index (χ4n) is 4.94. The van der Waals surface area contributed by atoms with Crippen molar-refractivity contribution in [1.82, 2.24) is 4.90 Å². The second-order valence-corrected chi connectivity index (χ2v) is 8.25. The normalized spacial score (nSPS) is 30.5. The number of likely N-dealkylation sites (tertiary alicyclic amines) is 1. The summed E-state index contributed by atoms with van der Waals surface area (Å²) in [5, 5.41) is 0. The minimum Gasteiger partial charge on any atom is -0.293 e. The summed E-state index contributed by atoms with van der Waals surface area (Å²) < 4.78 is 0. The monoisotopic (exact) mass is 251 g/mol. The molecular formula is C17H33N. The van der Waals surface area contributed by atoms with Crippen LogP contribution >= 0.6 is 0 Å². The minimum atomic E-state index is 0.388. The van der Waals surface area contributed by atoms with Gasteiger partial charge < -0.3 is 0 Å². The van der Waals surface area contributed by atoms with Crippen molar-refractivity contribution < 1.29 is 0 Å². The highest BCUT2D eigenvalue weighted by Gasteiger charge is 2.44. The van der Waals surface area contributed by atoms with E-state index in [1.54, 1.807) is 0 Å². The Morgan fingerprint density at radius 1 is 0.889 bits per heavy atom. The largest absolute Gasteiger partial charge is 0.293 e. The van der Waals surface area contributed by atoms with E-state index in [4.69, 9.17) is 0 Å². The molecule has 2 fully saturated rings. The van der Waals surface area contributed by atoms with Crippen LogP contribution in [0.25, 0.3) is 0 Å². The summed E-state index contributed by atoms with van der Waals surface area (Å²) in [5.74, 6) is 1.84. The molecule has 0 aromatic heterocycles. The van der Waals surface area contributed by atoms with Gasteiger partial charge in [-0.1, -0.05) is 26.2 Å². The molecule has 0 spiro atoms. The molecule has 2 rings (SSSR count). The third-order valence-electron chi connectivity index (χ3n) is 5.32. The lowest BCUT2D eigenvalue weighted by molar-refractivity contribution is -0.0601. The van der Waals surface area contributed by atoms with Crippen LogP contribution < -0.4 is 0 Å². The number of nitrogens with zero attached hydrogens (tertiary/aromatic N) is 1. The Morgan fingerprint density at radius 2 is 1.39 bits per heavy atom. The van der Waals surface area contributed by atoms with Gasteiger partial charge >= 0.3 is 0 Å². The number of hydrogen-bond donors (Lipinski definition) is 0. The Balaban J connectivity index is 2.07. The van der Waals surface area contributed by atoms with Crippen molar-refractivity contribution in [2.75, 3.05) is 6.54 Å². The van der Waals surface area contributed by atoms with Gasteiger partial charge in [0.2, 0.25) is 0 Å². The van der Waals surface area contributed by atoms with Gasteiger partial charge in [0.1, 0.15) is 0 Å². The highest BCUT2D eigenvalue weighted by molar-refractivity contribution is 4.99. The molecule has 0 atom stereocenters. The molecule has 1 aliphatic carbocycles. The van der Waals surface area contributed by atoms with E-state index in [9.17, 15) is 0 Å². The van der Waals surface area contributed by atoms with Crippen LogP contribution in [0.2, 0.25) is 0 Å². The molecule has 106 valence electrons. The molecule has 0 aromatic rings. The van der Waals surface area contributed by atoms with E-state index in [1.807, 2.05) is 0 Å². The molecule has 0 amide bonds. The zero-order valence-corrected chi connectivity index (χ0v) is 13.3. The Hall–Kier alpha value is -0.0400. The van der Waals surface area contributed by atoms with E-state index in [0.29, 0.717) is 11.1 Å². The Labute approximate surface area is 114 Å². The first kappa shape index (κ1) is 14.4. The summed E-state index contributed by atoms with van der Waals surface area (Å²) in [5.41, 5.74) is 0.775. The molecule has 0 bridgehead atoms. The smallest absolute Gasteiger partial charge is 0.0161 e. The number of hydrogen-bond acceptors (Lipinski definition) is 1. The van der Waals surface area contributed by atoms with Crippen LogP contribution in [0.3, 0.4) is 0 Å². The molecule has 1 heteroatoms. The van der Waals surface area contributed by atoms with Gasteiger partial charge in [0, 0.05) is 17.6 Å². The van der Waals surface area contributed by atoms with Crippen molar-refractivity contribution in [2.24, 2.45) is 11.8 Å². The average Bonchev–Trinajstić information content (AvgIpc) is 2.23. The van der Waals surface area contributed by atoms with E-state index in [2.05, 4.69) is 39.5 Å². The van der Waals surface area contributed by atoms with E-state index >= 15 is 0 Å². The van der Waals surface area contributed by atoms with Crippen molar-refractivity contribution in [3.63, 3.8) is 0 Å². The molecule has 0 unspecified atom stereocenters. The van der Waals surface area contributed by atoms with Crippen LogP contribution in [0.1, 0.15) is 79.6 Å². The molecule has 1 heterocycles. The third-order valence-corrected chi connectivity index (χ3v) is 5.32. The lowest BCUT2D eigenvalue weighted by Crippen LogP contribution is -2.61. The lowest BCUT2D eigenvalue weighted by Gasteiger charge is -2.56. The topological polar surface area (TPSA) is 3.24 Å². The second kappa shape index (κ2) is 5.15. The lowest BCUT2D eigenvalue weighted by atomic mass is 9.73. The summed E-state index contributed by atoms with van der Waals surface area (Å²) in [6.45, 7) is 13.6. The van der Waals surface area contributed by atoms with Crippen molar-refractivity contribution in [2.45, 2.75) is 90.6 Å². The SMILES string of the molecule is CC1CC(C)(C)N(CC2CCCCC2)C(C)(C)C1. The van der Waals surface area contributed by atoms with Crippen LogP contribution in [0.5, 0.6) is 0 Å². The highest BCUT2D eigenvalue weighted by atomic mass is 15.3. The van der Waals surface area contributed by atoms with Gasteiger partial charge in [-0.3, -0.25) is 4.90 Å². The molecule has 1 saturated heterocycles. The van der Waals surface area contributed by atoms with E-state index in [-0.39, 0.29) is 0 Å². The molecular weight excluding hydrogens is 218 g/mol. The molecule has 1 saturated carbocycles. The highest BCUT2D eigenvalue weighted by Crippen LogP contribution is 2.42. The predicted octanol–water partition coefficient (Wildman–Crippen LogP) is 4.86. The zero-order chi connectivity index (χ0) is 13.4. The van der Waals surface area contributed by atoms with Crippen LogP contribution in [0, 0.1) is 11.8 Å². The number of rotatable bonds is 2. The van der Waals surface area contributed by atoms with E-state index < -0.39 is 0 Å². The van der Waals surface area contributed by atoms with Gasteiger partial charge in [-0.2, -0.15) is 0 Å². The first-order valence-corrected chi connectivity index (χ1v) is 8.09. The van der Waals surface area contributed by atoms with Gasteiger partial charge in [0.05, 0.1) is 0 Å². The summed E-state index contributed by atoms with van der Waals surface area (Å²) in [7, 11) is 0. The molecule has 0 N–H and O–H groups in total. The van der Waals surface area contributed by atoms with E-state index in [0.717, 1.165) is 11.8 Å². The first-order chi connectivity index (χ1) is 8.31. The molecule has 2 aliphatic rings. The van der Waals surface area contributed by atoms with Crippen molar-refractivity contribution in [1.29, 1.82) is 0 Å². The van der Waals surface area contributed by atoms with Crippen LogP contribution in [-0.4, -0.2) is 22.5 Å². The third kappa shape index (κ3) is 3.10. The van der Waals surface area contributed by atoms with Crippen LogP contribution in [0.4, 0.5) is 0 Å². The summed E-state index contributed by atoms with van der Waals surface area (Å²) >= 11 is 0. The maximum Gasteiger partial charge on any atom is 0.0161 e. The summed E-state index contributed by atoms with van der Waals surface area (Å²) in [6, 6.07) is 0. The van der Waals surface area contributed by atoms with Crippen molar-refractivity contribution >= 4 is 0 Å². The van der Waals surface area contributed by atoms with Gasteiger partial charge in [0.15, 0.2) is 0 Å². The van der Waals surface area contributed by atoms with Crippen molar-refractivity contribution in [3.05, 3.63) is 0 Å². The zero-order valence-electron chi connectivity index (χ0n) is 13.3. The fraction of sp³-hybridized carbons (Fsp3) is 1.00. The minimum absolute atomic E-state index is 0.388. The first-order valence-electron chi connectivity index (χ1n) is 8.09. The maximum absolute atomic E-state index is 2.84.